The lowest BCUT2D eigenvalue weighted by Gasteiger charge is -1.99. The van der Waals surface area contributed by atoms with Crippen molar-refractivity contribution in [3.63, 3.8) is 0 Å². The second-order valence-electron chi connectivity index (χ2n) is 2.04. The van der Waals surface area contributed by atoms with E-state index in [1.54, 1.807) is 6.34 Å². The molecule has 1 rings (SSSR count). The molecule has 0 radical (unpaired) electrons. The van der Waals surface area contributed by atoms with Crippen LogP contribution in [-0.4, -0.2) is 30.3 Å². The number of rotatable bonds is 2. The van der Waals surface area contributed by atoms with Gasteiger partial charge in [-0.3, -0.25) is 0 Å². The Morgan fingerprint density at radius 2 is 2.27 bits per heavy atom. The molecule has 3 nitrogen and oxygen atoms in total. The maximum absolute atomic E-state index is 4.84. The molecular weight excluding hydrogens is 198 g/mol. The van der Waals surface area contributed by atoms with Crippen molar-refractivity contribution < 1.29 is 0 Å². The SMILES string of the molecule is CN(C)/C=N\c1nc(=S)ss1. The number of nitrogens with zero attached hydrogens (tertiary/aromatic N) is 3. The highest BCUT2D eigenvalue weighted by atomic mass is 32.9. The minimum Gasteiger partial charge on any atom is -0.369 e. The van der Waals surface area contributed by atoms with Crippen molar-refractivity contribution >= 4 is 44.4 Å². The Hall–Kier alpha value is -0.330. The van der Waals surface area contributed by atoms with E-state index in [1.807, 2.05) is 19.0 Å². The van der Waals surface area contributed by atoms with Gasteiger partial charge in [0.25, 0.3) is 0 Å². The van der Waals surface area contributed by atoms with E-state index in [2.05, 4.69) is 9.98 Å². The summed E-state index contributed by atoms with van der Waals surface area (Å²) in [6.45, 7) is 0. The highest BCUT2D eigenvalue weighted by molar-refractivity contribution is 7.79. The van der Waals surface area contributed by atoms with Crippen LogP contribution in [0.1, 0.15) is 0 Å². The van der Waals surface area contributed by atoms with E-state index in [4.69, 9.17) is 12.2 Å². The highest BCUT2D eigenvalue weighted by Gasteiger charge is 1.91. The zero-order valence-electron chi connectivity index (χ0n) is 6.14. The Bertz CT molecular complexity index is 298. The molecule has 0 aliphatic carbocycles. The second-order valence-corrected chi connectivity index (χ2v) is 4.77. The quantitative estimate of drug-likeness (QED) is 0.320. The van der Waals surface area contributed by atoms with Gasteiger partial charge in [0.2, 0.25) is 5.13 Å². The highest BCUT2D eigenvalue weighted by Crippen LogP contribution is 2.21. The molecule has 0 aliphatic rings. The Labute approximate surface area is 77.4 Å². The van der Waals surface area contributed by atoms with Crippen molar-refractivity contribution in [2.45, 2.75) is 0 Å². The molecule has 0 aromatic carbocycles. The third-order valence-electron chi connectivity index (χ3n) is 0.774. The first kappa shape index (κ1) is 8.76. The first-order valence-electron chi connectivity index (χ1n) is 2.86. The smallest absolute Gasteiger partial charge is 0.222 e. The minimum atomic E-state index is 0.654. The molecule has 0 aliphatic heterocycles. The molecule has 0 saturated heterocycles. The summed E-state index contributed by atoms with van der Waals surface area (Å²) in [6, 6.07) is 0. The minimum absolute atomic E-state index is 0.654. The summed E-state index contributed by atoms with van der Waals surface area (Å²) in [5, 5.41) is 0.730. The standard InChI is InChI=1S/C5H7N3S3/c1-8(2)3-6-4-7-5(9)11-10-4/h3H,1-2H3/b6-3-. The van der Waals surface area contributed by atoms with E-state index < -0.39 is 0 Å². The number of aromatic nitrogens is 1. The van der Waals surface area contributed by atoms with Gasteiger partial charge in [-0.05, 0) is 32.9 Å². The van der Waals surface area contributed by atoms with Crippen molar-refractivity contribution in [3.05, 3.63) is 3.95 Å². The summed E-state index contributed by atoms with van der Waals surface area (Å²) in [5.41, 5.74) is 0. The summed E-state index contributed by atoms with van der Waals surface area (Å²) < 4.78 is 0.654. The topological polar surface area (TPSA) is 28.5 Å². The van der Waals surface area contributed by atoms with E-state index in [1.165, 1.54) is 20.7 Å². The van der Waals surface area contributed by atoms with Crippen LogP contribution < -0.4 is 0 Å². The first-order chi connectivity index (χ1) is 5.18. The molecule has 1 aromatic heterocycles. The van der Waals surface area contributed by atoms with Crippen molar-refractivity contribution in [1.29, 1.82) is 0 Å². The van der Waals surface area contributed by atoms with Crippen LogP contribution in [0, 0.1) is 3.95 Å². The zero-order chi connectivity index (χ0) is 8.27. The fraction of sp³-hybridized carbons (Fsp3) is 0.400. The predicted octanol–water partition coefficient (Wildman–Crippen LogP) is 2.16. The molecule has 0 fully saturated rings. The van der Waals surface area contributed by atoms with E-state index in [0.29, 0.717) is 3.95 Å². The van der Waals surface area contributed by atoms with Gasteiger partial charge in [0.05, 0.1) is 6.34 Å². The molecule has 1 aromatic rings. The molecule has 0 atom stereocenters. The van der Waals surface area contributed by atoms with Gasteiger partial charge in [-0.1, -0.05) is 0 Å². The fourth-order valence-electron chi connectivity index (χ4n) is 0.404. The Kier molecular flexibility index (Phi) is 3.10. The van der Waals surface area contributed by atoms with Gasteiger partial charge in [-0.2, -0.15) is 4.98 Å². The molecule has 1 heterocycles. The number of aliphatic imine (C=N–C) groups is 1. The molecule has 0 amide bonds. The molecule has 0 saturated carbocycles. The lowest BCUT2D eigenvalue weighted by atomic mass is 10.9. The average molecular weight is 205 g/mol. The summed E-state index contributed by atoms with van der Waals surface area (Å²) in [7, 11) is 6.79. The average Bonchev–Trinajstić information content (AvgIpc) is 2.31. The maximum Gasteiger partial charge on any atom is 0.222 e. The largest absolute Gasteiger partial charge is 0.369 e. The Morgan fingerprint density at radius 3 is 2.73 bits per heavy atom. The summed E-state index contributed by atoms with van der Waals surface area (Å²) in [4.78, 5) is 9.94. The summed E-state index contributed by atoms with van der Waals surface area (Å²) in [5.74, 6) is 0. The van der Waals surface area contributed by atoms with Gasteiger partial charge < -0.3 is 4.90 Å². The number of hydrogen-bond acceptors (Lipinski definition) is 5. The van der Waals surface area contributed by atoms with Gasteiger partial charge in [-0.25, -0.2) is 4.99 Å². The van der Waals surface area contributed by atoms with Crippen molar-refractivity contribution in [3.8, 4) is 0 Å². The molecule has 60 valence electrons. The van der Waals surface area contributed by atoms with Crippen LogP contribution in [0.15, 0.2) is 4.99 Å². The van der Waals surface area contributed by atoms with Crippen molar-refractivity contribution in [1.82, 2.24) is 9.88 Å². The maximum atomic E-state index is 4.84. The van der Waals surface area contributed by atoms with E-state index >= 15 is 0 Å². The van der Waals surface area contributed by atoms with Crippen LogP contribution in [0.3, 0.4) is 0 Å². The first-order valence-corrected chi connectivity index (χ1v) is 5.42. The summed E-state index contributed by atoms with van der Waals surface area (Å²) in [6.07, 6.45) is 1.71. The van der Waals surface area contributed by atoms with Crippen molar-refractivity contribution in [2.75, 3.05) is 14.1 Å². The van der Waals surface area contributed by atoms with Crippen LogP contribution in [-0.2, 0) is 0 Å². The predicted molar refractivity (Wildman–Crippen MR) is 52.7 cm³/mol. The molecular formula is C5H7N3S3. The van der Waals surface area contributed by atoms with E-state index in [0.717, 1.165) is 5.13 Å². The second kappa shape index (κ2) is 3.89. The van der Waals surface area contributed by atoms with E-state index in [9.17, 15) is 0 Å². The third kappa shape index (κ3) is 3.04. The molecule has 0 bridgehead atoms. The van der Waals surface area contributed by atoms with Crippen LogP contribution >= 0.6 is 32.9 Å². The van der Waals surface area contributed by atoms with Gasteiger partial charge >= 0.3 is 0 Å². The molecule has 6 heteroatoms. The third-order valence-corrected chi connectivity index (χ3v) is 3.27. The lowest BCUT2D eigenvalue weighted by Crippen LogP contribution is -2.06. The normalized spacial score (nSPS) is 10.7. The van der Waals surface area contributed by atoms with Crippen LogP contribution in [0.25, 0.3) is 0 Å². The molecule has 0 N–H and O–H groups in total. The molecule has 0 unspecified atom stereocenters. The number of hydrogen-bond donors (Lipinski definition) is 0. The Morgan fingerprint density at radius 1 is 1.55 bits per heavy atom. The lowest BCUT2D eigenvalue weighted by molar-refractivity contribution is 0.643. The molecule has 0 spiro atoms. The summed E-state index contributed by atoms with van der Waals surface area (Å²) >= 11 is 4.84. The zero-order valence-corrected chi connectivity index (χ0v) is 8.59. The van der Waals surface area contributed by atoms with Gasteiger partial charge in [-0.15, -0.1) is 0 Å². The van der Waals surface area contributed by atoms with Crippen LogP contribution in [0.4, 0.5) is 5.13 Å². The fourth-order valence-corrected chi connectivity index (χ4v) is 2.19. The van der Waals surface area contributed by atoms with E-state index in [-0.39, 0.29) is 0 Å². The monoisotopic (exact) mass is 205 g/mol. The van der Waals surface area contributed by atoms with Gasteiger partial charge in [0, 0.05) is 14.1 Å². The van der Waals surface area contributed by atoms with Gasteiger partial charge in [0.15, 0.2) is 3.95 Å². The Balaban J connectivity index is 2.72. The van der Waals surface area contributed by atoms with Gasteiger partial charge in [0.1, 0.15) is 0 Å². The van der Waals surface area contributed by atoms with Crippen LogP contribution in [0.2, 0.25) is 0 Å². The van der Waals surface area contributed by atoms with Crippen molar-refractivity contribution in [2.24, 2.45) is 4.99 Å². The molecule has 11 heavy (non-hydrogen) atoms. The van der Waals surface area contributed by atoms with Crippen LogP contribution in [0.5, 0.6) is 0 Å².